The van der Waals surface area contributed by atoms with Crippen LogP contribution in [0.3, 0.4) is 0 Å². The summed E-state index contributed by atoms with van der Waals surface area (Å²) < 4.78 is 10.6. The van der Waals surface area contributed by atoms with Crippen LogP contribution in [-0.2, 0) is 0 Å². The predicted molar refractivity (Wildman–Crippen MR) is 77.8 cm³/mol. The first-order valence-electron chi connectivity index (χ1n) is 6.36. The van der Waals surface area contributed by atoms with Gasteiger partial charge >= 0.3 is 0 Å². The zero-order valence-electron chi connectivity index (χ0n) is 11.3. The smallest absolute Gasteiger partial charge is 0.205 e. The van der Waals surface area contributed by atoms with Gasteiger partial charge in [0.05, 0.1) is 7.11 Å². The quantitative estimate of drug-likeness (QED) is 0.740. The molecule has 3 rings (SSSR count). The molecule has 2 aromatic carbocycles. The molecule has 0 atom stereocenters. The van der Waals surface area contributed by atoms with Crippen molar-refractivity contribution in [3.63, 3.8) is 0 Å². The van der Waals surface area contributed by atoms with Gasteiger partial charge in [-0.15, -0.1) is 0 Å². The molecule has 108 valence electrons. The number of rotatable bonds is 2. The molecule has 5 nitrogen and oxygen atoms in total. The van der Waals surface area contributed by atoms with E-state index in [2.05, 4.69) is 0 Å². The normalized spacial score (nSPS) is 13.1. The van der Waals surface area contributed by atoms with Gasteiger partial charge in [-0.3, -0.25) is 0 Å². The molecule has 0 saturated carbocycles. The van der Waals surface area contributed by atoms with Gasteiger partial charge in [0, 0.05) is 5.56 Å². The van der Waals surface area contributed by atoms with Crippen molar-refractivity contribution < 1.29 is 24.8 Å². The van der Waals surface area contributed by atoms with Crippen LogP contribution in [0.4, 0.5) is 0 Å². The number of benzene rings is 2. The number of aromatic hydroxyl groups is 3. The van der Waals surface area contributed by atoms with Crippen molar-refractivity contribution >= 4 is 11.6 Å². The summed E-state index contributed by atoms with van der Waals surface area (Å²) >= 11 is 0. The van der Waals surface area contributed by atoms with Crippen molar-refractivity contribution in [2.24, 2.45) is 0 Å². The average molecular weight is 286 g/mol. The minimum Gasteiger partial charge on any atom is -0.504 e. The van der Waals surface area contributed by atoms with Crippen LogP contribution >= 0.6 is 0 Å². The molecule has 1 aliphatic rings. The molecular weight excluding hydrogens is 272 g/mol. The lowest BCUT2D eigenvalue weighted by molar-refractivity contribution is 0.316. The van der Waals surface area contributed by atoms with Crippen LogP contribution in [0.25, 0.3) is 11.6 Å². The van der Waals surface area contributed by atoms with E-state index in [-0.39, 0.29) is 18.1 Å². The van der Waals surface area contributed by atoms with Gasteiger partial charge in [-0.2, -0.15) is 0 Å². The highest BCUT2D eigenvalue weighted by atomic mass is 16.5. The van der Waals surface area contributed by atoms with Crippen molar-refractivity contribution in [2.75, 3.05) is 13.7 Å². The van der Waals surface area contributed by atoms with E-state index in [0.717, 1.165) is 16.9 Å². The first-order valence-corrected chi connectivity index (χ1v) is 6.36. The van der Waals surface area contributed by atoms with Crippen LogP contribution in [0.5, 0.6) is 28.7 Å². The maximum atomic E-state index is 9.77. The Morgan fingerprint density at radius 1 is 1.05 bits per heavy atom. The monoisotopic (exact) mass is 286 g/mol. The number of ether oxygens (including phenoxy) is 2. The summed E-state index contributed by atoms with van der Waals surface area (Å²) in [7, 11) is 1.60. The minimum atomic E-state index is -0.574. The molecule has 0 bridgehead atoms. The van der Waals surface area contributed by atoms with Crippen molar-refractivity contribution in [1.82, 2.24) is 0 Å². The molecule has 3 N–H and O–H groups in total. The third kappa shape index (κ3) is 2.23. The molecule has 0 aromatic heterocycles. The van der Waals surface area contributed by atoms with Crippen molar-refractivity contribution in [3.05, 3.63) is 41.5 Å². The van der Waals surface area contributed by atoms with Crippen LogP contribution in [0, 0.1) is 0 Å². The van der Waals surface area contributed by atoms with E-state index in [1.54, 1.807) is 13.2 Å². The third-order valence-corrected chi connectivity index (χ3v) is 3.40. The molecule has 1 aliphatic heterocycles. The van der Waals surface area contributed by atoms with E-state index in [1.807, 2.05) is 24.3 Å². The lowest BCUT2D eigenvalue weighted by atomic mass is 10.00. The lowest BCUT2D eigenvalue weighted by Crippen LogP contribution is -2.07. The second-order valence-electron chi connectivity index (χ2n) is 4.70. The second-order valence-corrected chi connectivity index (χ2v) is 4.70. The van der Waals surface area contributed by atoms with Gasteiger partial charge in [0.15, 0.2) is 11.5 Å². The molecule has 5 heteroatoms. The number of hydrogen-bond acceptors (Lipinski definition) is 5. The maximum Gasteiger partial charge on any atom is 0.205 e. The van der Waals surface area contributed by atoms with E-state index >= 15 is 0 Å². The Labute approximate surface area is 121 Å². The van der Waals surface area contributed by atoms with Gasteiger partial charge in [0.2, 0.25) is 11.5 Å². The van der Waals surface area contributed by atoms with Gasteiger partial charge < -0.3 is 24.8 Å². The van der Waals surface area contributed by atoms with Crippen molar-refractivity contribution in [2.45, 2.75) is 0 Å². The first kappa shape index (κ1) is 13.2. The number of hydrogen-bond donors (Lipinski definition) is 3. The molecule has 0 radical (unpaired) electrons. The molecule has 2 aromatic rings. The predicted octanol–water partition coefficient (Wildman–Crippen LogP) is 2.75. The molecule has 0 fully saturated rings. The number of methoxy groups -OCH3 is 1. The summed E-state index contributed by atoms with van der Waals surface area (Å²) in [5.74, 6) is -0.480. The number of phenols is 3. The van der Waals surface area contributed by atoms with E-state index in [9.17, 15) is 15.3 Å². The Morgan fingerprint density at radius 3 is 2.43 bits per heavy atom. The Balaban J connectivity index is 2.03. The Bertz CT molecular complexity index is 716. The van der Waals surface area contributed by atoms with Crippen molar-refractivity contribution in [3.8, 4) is 28.7 Å². The summed E-state index contributed by atoms with van der Waals surface area (Å²) in [5, 5.41) is 28.8. The molecule has 0 saturated heterocycles. The number of fused-ring (bicyclic) bond motifs is 1. The lowest BCUT2D eigenvalue weighted by Gasteiger charge is -2.20. The Hall–Kier alpha value is -2.82. The molecule has 0 unspecified atom stereocenters. The summed E-state index contributed by atoms with van der Waals surface area (Å²) in [6.45, 7) is 0.261. The van der Waals surface area contributed by atoms with Crippen LogP contribution in [0.15, 0.2) is 30.3 Å². The van der Waals surface area contributed by atoms with Crippen LogP contribution in [-0.4, -0.2) is 29.0 Å². The second kappa shape index (κ2) is 4.94. The van der Waals surface area contributed by atoms with Gasteiger partial charge in [-0.05, 0) is 35.4 Å². The Morgan fingerprint density at radius 2 is 1.76 bits per heavy atom. The van der Waals surface area contributed by atoms with Crippen molar-refractivity contribution in [1.29, 1.82) is 0 Å². The van der Waals surface area contributed by atoms with Crippen LogP contribution < -0.4 is 9.47 Å². The fraction of sp³-hybridized carbons (Fsp3) is 0.125. The van der Waals surface area contributed by atoms with Gasteiger partial charge in [0.1, 0.15) is 12.4 Å². The topological polar surface area (TPSA) is 79.2 Å². The fourth-order valence-electron chi connectivity index (χ4n) is 2.26. The van der Waals surface area contributed by atoms with Gasteiger partial charge in [0.25, 0.3) is 0 Å². The Kier molecular flexibility index (Phi) is 3.10. The fourth-order valence-corrected chi connectivity index (χ4v) is 2.26. The largest absolute Gasteiger partial charge is 0.504 e. The van der Waals surface area contributed by atoms with Crippen LogP contribution in [0.2, 0.25) is 0 Å². The summed E-state index contributed by atoms with van der Waals surface area (Å²) in [4.78, 5) is 0. The standard InChI is InChI=1S/C16H14O5/c1-20-12-4-2-9(3-5-12)11-6-10-7-13(17)14(18)15(19)16(10)21-8-11/h2-7,17-19H,8H2,1H3. The first-order chi connectivity index (χ1) is 10.1. The highest BCUT2D eigenvalue weighted by molar-refractivity contribution is 5.87. The molecule has 0 spiro atoms. The van der Waals surface area contributed by atoms with E-state index in [4.69, 9.17) is 9.47 Å². The van der Waals surface area contributed by atoms with Gasteiger partial charge in [-0.25, -0.2) is 0 Å². The zero-order chi connectivity index (χ0) is 15.0. The minimum absolute atomic E-state index is 0.169. The van der Waals surface area contributed by atoms with E-state index in [0.29, 0.717) is 5.56 Å². The molecule has 1 heterocycles. The molecule has 0 aliphatic carbocycles. The van der Waals surface area contributed by atoms with E-state index in [1.165, 1.54) is 6.07 Å². The van der Waals surface area contributed by atoms with Crippen LogP contribution in [0.1, 0.15) is 11.1 Å². The zero-order valence-corrected chi connectivity index (χ0v) is 11.3. The average Bonchev–Trinajstić information content (AvgIpc) is 2.52. The van der Waals surface area contributed by atoms with Gasteiger partial charge in [-0.1, -0.05) is 12.1 Å². The molecule has 0 amide bonds. The van der Waals surface area contributed by atoms with E-state index < -0.39 is 11.5 Å². The molecular formula is C16H14O5. The highest BCUT2D eigenvalue weighted by Gasteiger charge is 2.21. The number of phenolic OH excluding ortho intramolecular Hbond substituents is 3. The third-order valence-electron chi connectivity index (χ3n) is 3.40. The molecule has 21 heavy (non-hydrogen) atoms. The summed E-state index contributed by atoms with van der Waals surface area (Å²) in [5.41, 5.74) is 2.36. The SMILES string of the molecule is COc1ccc(C2=Cc3cc(O)c(O)c(O)c3OC2)cc1. The summed E-state index contributed by atoms with van der Waals surface area (Å²) in [6.07, 6.45) is 1.81. The highest BCUT2D eigenvalue weighted by Crippen LogP contribution is 2.47. The maximum absolute atomic E-state index is 9.77. The summed E-state index contributed by atoms with van der Waals surface area (Å²) in [6, 6.07) is 8.85.